The van der Waals surface area contributed by atoms with Crippen molar-refractivity contribution in [3.8, 4) is 0 Å². The third-order valence-electron chi connectivity index (χ3n) is 15.0. The molecular weight excluding hydrogens is 771 g/mol. The first-order chi connectivity index (χ1) is 28.2. The SMILES string of the molecule is CC(C)(C)c1ccc(N2c3cc(Cl)cc4c3B(c3sc5cc6c(cc5c3N4c3ccc(C(C)(C)C)cc3)C3(C)CCC6(C)CC3)c3c2oc2ccc(C(C)(C)C)cc32)cc1. The second-order valence-corrected chi connectivity index (χ2v) is 23.7. The molecule has 4 heterocycles. The molecule has 60 heavy (non-hydrogen) atoms. The third-order valence-corrected chi connectivity index (χ3v) is 16.4. The Labute approximate surface area is 365 Å². The zero-order valence-corrected chi connectivity index (χ0v) is 38.7. The fourth-order valence-corrected chi connectivity index (χ4v) is 12.7. The number of nitrogens with zero attached hydrogens (tertiary/aromatic N) is 2. The Balaban J connectivity index is 1.26. The molecule has 12 rings (SSSR count). The van der Waals surface area contributed by atoms with Crippen molar-refractivity contribution < 1.29 is 4.42 Å². The molecule has 6 heteroatoms. The van der Waals surface area contributed by atoms with Gasteiger partial charge in [0, 0.05) is 53.5 Å². The van der Waals surface area contributed by atoms with Gasteiger partial charge < -0.3 is 9.32 Å². The van der Waals surface area contributed by atoms with E-state index in [1.54, 1.807) is 11.1 Å². The fourth-order valence-electron chi connectivity index (χ4n) is 11.1. The highest BCUT2D eigenvalue weighted by Crippen LogP contribution is 2.59. The van der Waals surface area contributed by atoms with Crippen LogP contribution in [0.15, 0.2) is 95.4 Å². The number of furan rings is 1. The molecule has 0 amide bonds. The Morgan fingerprint density at radius 3 is 1.63 bits per heavy atom. The normalized spacial score (nSPS) is 20.8. The highest BCUT2D eigenvalue weighted by molar-refractivity contribution is 7.34. The minimum absolute atomic E-state index is 0.0257. The lowest BCUT2D eigenvalue weighted by atomic mass is 9.36. The Morgan fingerprint density at radius 1 is 0.583 bits per heavy atom. The maximum absolute atomic E-state index is 7.39. The van der Waals surface area contributed by atoms with E-state index in [0.717, 1.165) is 34.2 Å². The first-order valence-corrected chi connectivity index (χ1v) is 23.3. The van der Waals surface area contributed by atoms with Gasteiger partial charge in [0.2, 0.25) is 5.88 Å². The number of benzene rings is 5. The Kier molecular flexibility index (Phi) is 7.92. The molecule has 0 radical (unpaired) electrons. The number of halogens is 1. The molecule has 1 fully saturated rings. The smallest absolute Gasteiger partial charge is 0.269 e. The summed E-state index contributed by atoms with van der Waals surface area (Å²) in [4.78, 5) is 4.92. The lowest BCUT2D eigenvalue weighted by Crippen LogP contribution is -2.60. The molecule has 2 aliphatic heterocycles. The van der Waals surface area contributed by atoms with Gasteiger partial charge in [-0.2, -0.15) is 0 Å². The van der Waals surface area contributed by atoms with Crippen molar-refractivity contribution in [2.45, 2.75) is 129 Å². The highest BCUT2D eigenvalue weighted by atomic mass is 35.5. The summed E-state index contributed by atoms with van der Waals surface area (Å²) >= 11 is 9.39. The lowest BCUT2D eigenvalue weighted by molar-refractivity contribution is 0.188. The molecule has 1 saturated carbocycles. The third kappa shape index (κ3) is 5.46. The summed E-state index contributed by atoms with van der Waals surface area (Å²) in [6, 6.07) is 34.9. The van der Waals surface area contributed by atoms with Crippen LogP contribution < -0.4 is 25.5 Å². The van der Waals surface area contributed by atoms with E-state index < -0.39 is 0 Å². The molecule has 304 valence electrons. The summed E-state index contributed by atoms with van der Waals surface area (Å²) < 4.78 is 9.93. The predicted octanol–water partition coefficient (Wildman–Crippen LogP) is 14.4. The van der Waals surface area contributed by atoms with Gasteiger partial charge in [-0.25, -0.2) is 0 Å². The average Bonchev–Trinajstić information content (AvgIpc) is 3.75. The summed E-state index contributed by atoms with van der Waals surface area (Å²) in [6.07, 6.45) is 5.04. The molecule has 7 aromatic rings. The second kappa shape index (κ2) is 12.4. The van der Waals surface area contributed by atoms with E-state index in [2.05, 4.69) is 177 Å². The second-order valence-electron chi connectivity index (χ2n) is 22.2. The van der Waals surface area contributed by atoms with Gasteiger partial charge in [-0.1, -0.05) is 118 Å². The first-order valence-electron chi connectivity index (χ1n) is 22.1. The Morgan fingerprint density at radius 2 is 1.08 bits per heavy atom. The minimum atomic E-state index is -0.0544. The fraction of sp³-hybridized carbons (Fsp3) is 0.370. The molecule has 2 bridgehead atoms. The van der Waals surface area contributed by atoms with Gasteiger partial charge in [0.1, 0.15) is 5.58 Å². The molecule has 0 atom stereocenters. The maximum atomic E-state index is 7.39. The predicted molar refractivity (Wildman–Crippen MR) is 260 cm³/mol. The molecule has 3 aliphatic carbocycles. The molecule has 3 nitrogen and oxygen atoms in total. The van der Waals surface area contributed by atoms with Crippen LogP contribution in [-0.2, 0) is 27.1 Å². The lowest BCUT2D eigenvalue weighted by Gasteiger charge is -2.52. The van der Waals surface area contributed by atoms with Crippen molar-refractivity contribution in [1.82, 2.24) is 0 Å². The van der Waals surface area contributed by atoms with Crippen LogP contribution in [0, 0.1) is 0 Å². The van der Waals surface area contributed by atoms with E-state index >= 15 is 0 Å². The standard InChI is InChI=1S/C54H56BClN2OS/c1-50(2,3)31-12-17-35(18-13-31)57-41-27-34(56)28-42-46(41)55(48-47(57)38-29-39-40(30-44(38)60-48)54(11)24-22-53(39,10)23-25-54)45-37-26-33(52(7,8)9)16-21-43(37)59-49(45)58(42)36-19-14-32(15-20-36)51(4,5)6/h12-21,26-30H,22-25H2,1-11H3. The van der Waals surface area contributed by atoms with Gasteiger partial charge in [-0.15, -0.1) is 11.3 Å². The summed E-state index contributed by atoms with van der Waals surface area (Å²) in [5.74, 6) is 0.883. The van der Waals surface area contributed by atoms with Crippen molar-refractivity contribution in [1.29, 1.82) is 0 Å². The monoisotopic (exact) mass is 826 g/mol. The largest absolute Gasteiger partial charge is 0.440 e. The van der Waals surface area contributed by atoms with Crippen molar-refractivity contribution in [3.05, 3.63) is 124 Å². The summed E-state index contributed by atoms with van der Waals surface area (Å²) in [5, 5.41) is 3.25. The van der Waals surface area contributed by atoms with Crippen molar-refractivity contribution in [2.24, 2.45) is 0 Å². The van der Waals surface area contributed by atoms with Crippen molar-refractivity contribution in [3.63, 3.8) is 0 Å². The summed E-state index contributed by atoms with van der Waals surface area (Å²) in [7, 11) is 0. The van der Waals surface area contributed by atoms with Gasteiger partial charge in [-0.05, 0) is 147 Å². The van der Waals surface area contributed by atoms with E-state index in [9.17, 15) is 0 Å². The van der Waals surface area contributed by atoms with Crippen LogP contribution in [0.1, 0.15) is 130 Å². The number of hydrogen-bond acceptors (Lipinski definition) is 4. The van der Waals surface area contributed by atoms with E-state index in [4.69, 9.17) is 16.0 Å². The maximum Gasteiger partial charge on any atom is 0.269 e. The van der Waals surface area contributed by atoms with Crippen molar-refractivity contribution >= 4 is 101 Å². The summed E-state index contributed by atoms with van der Waals surface area (Å²) in [6.45, 7) is 25.6. The van der Waals surface area contributed by atoms with Gasteiger partial charge in [0.15, 0.2) is 0 Å². The minimum Gasteiger partial charge on any atom is -0.440 e. The number of anilines is 6. The van der Waals surface area contributed by atoms with Crippen LogP contribution in [0.3, 0.4) is 0 Å². The highest BCUT2D eigenvalue weighted by Gasteiger charge is 2.51. The Hall–Kier alpha value is -4.45. The molecule has 5 aromatic carbocycles. The average molecular weight is 827 g/mol. The van der Waals surface area contributed by atoms with E-state index in [0.29, 0.717) is 5.02 Å². The van der Waals surface area contributed by atoms with Gasteiger partial charge in [-0.3, -0.25) is 4.90 Å². The quantitative estimate of drug-likeness (QED) is 0.162. The van der Waals surface area contributed by atoms with E-state index in [-0.39, 0.29) is 33.8 Å². The van der Waals surface area contributed by atoms with Crippen LogP contribution in [0.5, 0.6) is 0 Å². The molecule has 2 aromatic heterocycles. The number of rotatable bonds is 2. The molecule has 0 unspecified atom stereocenters. The zero-order chi connectivity index (χ0) is 42.1. The van der Waals surface area contributed by atoms with Gasteiger partial charge in [0.25, 0.3) is 6.71 Å². The van der Waals surface area contributed by atoms with Crippen LogP contribution in [0.25, 0.3) is 21.1 Å². The van der Waals surface area contributed by atoms with Crippen LogP contribution in [-0.4, -0.2) is 6.71 Å². The summed E-state index contributed by atoms with van der Waals surface area (Å²) in [5.41, 5.74) is 16.7. The van der Waals surface area contributed by atoms with E-state index in [1.165, 1.54) is 79.2 Å². The van der Waals surface area contributed by atoms with Gasteiger partial charge >= 0.3 is 0 Å². The zero-order valence-electron chi connectivity index (χ0n) is 37.2. The van der Waals surface area contributed by atoms with Gasteiger partial charge in [0.05, 0.1) is 5.69 Å². The molecule has 0 saturated heterocycles. The number of hydrogen-bond donors (Lipinski definition) is 0. The molecule has 0 spiro atoms. The molecule has 5 aliphatic rings. The Bertz CT molecular complexity index is 2920. The first kappa shape index (κ1) is 38.5. The van der Waals surface area contributed by atoms with Crippen molar-refractivity contribution in [2.75, 3.05) is 9.80 Å². The van der Waals surface area contributed by atoms with Crippen LogP contribution in [0.4, 0.5) is 34.3 Å². The van der Waals surface area contributed by atoms with Crippen LogP contribution in [0.2, 0.25) is 5.02 Å². The van der Waals surface area contributed by atoms with Crippen LogP contribution >= 0.6 is 22.9 Å². The van der Waals surface area contributed by atoms with E-state index in [1.807, 2.05) is 11.3 Å². The molecular formula is C54H56BClN2OS. The molecule has 0 N–H and O–H groups in total. The topological polar surface area (TPSA) is 19.6 Å². The number of thiophene rings is 1. The number of fused-ring (bicyclic) bond motifs is 10.